The lowest BCUT2D eigenvalue weighted by Gasteiger charge is -2.07. The molecule has 1 atom stereocenters. The van der Waals surface area contributed by atoms with E-state index in [1.807, 2.05) is 0 Å². The topological polar surface area (TPSA) is 20.2 Å². The van der Waals surface area contributed by atoms with Crippen LogP contribution in [-0.4, -0.2) is 11.7 Å². The Balaban J connectivity index is 2.16. The van der Waals surface area contributed by atoms with Crippen LogP contribution in [0.1, 0.15) is 58.3 Å². The minimum Gasteiger partial charge on any atom is -0.396 e. The maximum atomic E-state index is 9.14. The number of allylic oxidation sites excluding steroid dienone is 1. The first-order valence-corrected chi connectivity index (χ1v) is 6.18. The van der Waals surface area contributed by atoms with Gasteiger partial charge in [0.15, 0.2) is 0 Å². The van der Waals surface area contributed by atoms with E-state index in [4.69, 9.17) is 5.11 Å². The summed E-state index contributed by atoms with van der Waals surface area (Å²) >= 11 is 0. The summed E-state index contributed by atoms with van der Waals surface area (Å²) in [6, 6.07) is 0. The van der Waals surface area contributed by atoms with Crippen LogP contribution < -0.4 is 0 Å². The summed E-state index contributed by atoms with van der Waals surface area (Å²) in [7, 11) is 0. The molecule has 0 bridgehead atoms. The van der Waals surface area contributed by atoms with E-state index in [2.05, 4.69) is 13.0 Å². The minimum atomic E-state index is 0.362. The van der Waals surface area contributed by atoms with Crippen LogP contribution >= 0.6 is 0 Å². The third-order valence-corrected chi connectivity index (χ3v) is 3.23. The van der Waals surface area contributed by atoms with E-state index in [0.29, 0.717) is 12.5 Å². The fourth-order valence-electron chi connectivity index (χ4n) is 2.28. The summed E-state index contributed by atoms with van der Waals surface area (Å²) in [5, 5.41) is 9.14. The SMILES string of the molecule is CCCCCC/C=C1\CCC[C@H]1CO. The fourth-order valence-corrected chi connectivity index (χ4v) is 2.28. The Morgan fingerprint density at radius 2 is 2.21 bits per heavy atom. The molecule has 0 radical (unpaired) electrons. The molecule has 0 aromatic carbocycles. The summed E-state index contributed by atoms with van der Waals surface area (Å²) in [6.07, 6.45) is 12.7. The van der Waals surface area contributed by atoms with Crippen molar-refractivity contribution >= 4 is 0 Å². The lowest BCUT2D eigenvalue weighted by molar-refractivity contribution is 0.249. The fraction of sp³-hybridized carbons (Fsp3) is 0.846. The van der Waals surface area contributed by atoms with Gasteiger partial charge in [-0.15, -0.1) is 0 Å². The van der Waals surface area contributed by atoms with Gasteiger partial charge in [0, 0.05) is 12.5 Å². The molecule has 0 heterocycles. The smallest absolute Gasteiger partial charge is 0.0496 e. The number of aliphatic hydroxyl groups is 1. The van der Waals surface area contributed by atoms with Gasteiger partial charge in [-0.25, -0.2) is 0 Å². The first-order chi connectivity index (χ1) is 6.88. The number of hydrogen-bond acceptors (Lipinski definition) is 1. The first kappa shape index (κ1) is 11.8. The normalized spacial score (nSPS) is 24.7. The Bertz CT molecular complexity index is 172. The van der Waals surface area contributed by atoms with Crippen molar-refractivity contribution in [2.45, 2.75) is 58.3 Å². The highest BCUT2D eigenvalue weighted by atomic mass is 16.3. The van der Waals surface area contributed by atoms with Gasteiger partial charge in [0.2, 0.25) is 0 Å². The van der Waals surface area contributed by atoms with Crippen LogP contribution in [-0.2, 0) is 0 Å². The van der Waals surface area contributed by atoms with Crippen LogP contribution in [0.4, 0.5) is 0 Å². The van der Waals surface area contributed by atoms with E-state index >= 15 is 0 Å². The minimum absolute atomic E-state index is 0.362. The van der Waals surface area contributed by atoms with Crippen molar-refractivity contribution in [3.05, 3.63) is 11.6 Å². The lowest BCUT2D eigenvalue weighted by atomic mass is 10.0. The third-order valence-electron chi connectivity index (χ3n) is 3.23. The van der Waals surface area contributed by atoms with Crippen LogP contribution in [0.3, 0.4) is 0 Å². The molecule has 1 nitrogen and oxygen atoms in total. The highest BCUT2D eigenvalue weighted by Gasteiger charge is 2.18. The van der Waals surface area contributed by atoms with Gasteiger partial charge >= 0.3 is 0 Å². The second-order valence-corrected chi connectivity index (χ2v) is 4.40. The van der Waals surface area contributed by atoms with Crippen molar-refractivity contribution in [1.82, 2.24) is 0 Å². The van der Waals surface area contributed by atoms with Crippen molar-refractivity contribution in [2.75, 3.05) is 6.61 Å². The number of hydrogen-bond donors (Lipinski definition) is 1. The Hall–Kier alpha value is -0.300. The highest BCUT2D eigenvalue weighted by molar-refractivity contribution is 5.11. The molecule has 1 rings (SSSR count). The van der Waals surface area contributed by atoms with Crippen molar-refractivity contribution in [3.8, 4) is 0 Å². The molecule has 1 aliphatic carbocycles. The van der Waals surface area contributed by atoms with Crippen LogP contribution in [0.25, 0.3) is 0 Å². The van der Waals surface area contributed by atoms with Crippen molar-refractivity contribution in [3.63, 3.8) is 0 Å². The average Bonchev–Trinajstić information content (AvgIpc) is 2.65. The number of unbranched alkanes of at least 4 members (excludes halogenated alkanes) is 4. The predicted molar refractivity (Wildman–Crippen MR) is 61.3 cm³/mol. The molecular formula is C13H24O. The highest BCUT2D eigenvalue weighted by Crippen LogP contribution is 2.30. The van der Waals surface area contributed by atoms with Gasteiger partial charge in [0.1, 0.15) is 0 Å². The lowest BCUT2D eigenvalue weighted by Crippen LogP contribution is -2.01. The van der Waals surface area contributed by atoms with Crippen LogP contribution in [0, 0.1) is 5.92 Å². The first-order valence-electron chi connectivity index (χ1n) is 6.18. The zero-order valence-corrected chi connectivity index (χ0v) is 9.47. The van der Waals surface area contributed by atoms with Gasteiger partial charge in [-0.1, -0.05) is 37.8 Å². The molecule has 1 fully saturated rings. The van der Waals surface area contributed by atoms with Crippen molar-refractivity contribution in [1.29, 1.82) is 0 Å². The molecule has 1 N–H and O–H groups in total. The summed E-state index contributed by atoms with van der Waals surface area (Å²) in [4.78, 5) is 0. The van der Waals surface area contributed by atoms with Gasteiger partial charge in [0.25, 0.3) is 0 Å². The largest absolute Gasteiger partial charge is 0.396 e. The van der Waals surface area contributed by atoms with E-state index in [0.717, 1.165) is 0 Å². The molecule has 1 saturated carbocycles. The van der Waals surface area contributed by atoms with Gasteiger partial charge in [-0.2, -0.15) is 0 Å². The summed E-state index contributed by atoms with van der Waals surface area (Å²) in [5.74, 6) is 0.501. The third kappa shape index (κ3) is 3.83. The quantitative estimate of drug-likeness (QED) is 0.507. The Morgan fingerprint density at radius 3 is 2.93 bits per heavy atom. The van der Waals surface area contributed by atoms with E-state index in [1.165, 1.54) is 56.9 Å². The second-order valence-electron chi connectivity index (χ2n) is 4.40. The molecule has 0 aliphatic heterocycles. The van der Waals surface area contributed by atoms with Gasteiger partial charge in [0.05, 0.1) is 0 Å². The van der Waals surface area contributed by atoms with Crippen molar-refractivity contribution in [2.24, 2.45) is 5.92 Å². The maximum Gasteiger partial charge on any atom is 0.0496 e. The second kappa shape index (κ2) is 7.05. The molecule has 0 aromatic heterocycles. The van der Waals surface area contributed by atoms with E-state index in [-0.39, 0.29) is 0 Å². The summed E-state index contributed by atoms with van der Waals surface area (Å²) in [6.45, 7) is 2.61. The molecule has 0 unspecified atom stereocenters. The van der Waals surface area contributed by atoms with Gasteiger partial charge < -0.3 is 5.11 Å². The van der Waals surface area contributed by atoms with E-state index in [1.54, 1.807) is 0 Å². The van der Waals surface area contributed by atoms with Crippen LogP contribution in [0.2, 0.25) is 0 Å². The zero-order chi connectivity index (χ0) is 10.2. The standard InChI is InChI=1S/C13H24O/c1-2-3-4-5-6-8-12-9-7-10-13(12)11-14/h8,13-14H,2-7,9-11H2,1H3/b12-8+/t13-/m0/s1. The molecule has 0 spiro atoms. The monoisotopic (exact) mass is 196 g/mol. The Kier molecular flexibility index (Phi) is 5.93. The van der Waals surface area contributed by atoms with Gasteiger partial charge in [-0.3, -0.25) is 0 Å². The van der Waals surface area contributed by atoms with Crippen molar-refractivity contribution < 1.29 is 5.11 Å². The Labute approximate surface area is 88.2 Å². The maximum absolute atomic E-state index is 9.14. The Morgan fingerprint density at radius 1 is 1.36 bits per heavy atom. The molecule has 1 aliphatic rings. The van der Waals surface area contributed by atoms with E-state index in [9.17, 15) is 0 Å². The zero-order valence-electron chi connectivity index (χ0n) is 9.47. The van der Waals surface area contributed by atoms with Gasteiger partial charge in [-0.05, 0) is 32.1 Å². The van der Waals surface area contributed by atoms with Crippen LogP contribution in [0.5, 0.6) is 0 Å². The molecule has 82 valence electrons. The molecule has 0 aromatic rings. The number of aliphatic hydroxyl groups excluding tert-OH is 1. The molecule has 0 amide bonds. The van der Waals surface area contributed by atoms with E-state index < -0.39 is 0 Å². The van der Waals surface area contributed by atoms with Crippen LogP contribution in [0.15, 0.2) is 11.6 Å². The molecule has 0 saturated heterocycles. The summed E-state index contributed by atoms with van der Waals surface area (Å²) < 4.78 is 0. The molecule has 1 heteroatoms. The average molecular weight is 196 g/mol. The predicted octanol–water partition coefficient (Wildman–Crippen LogP) is 3.68. The summed E-state index contributed by atoms with van der Waals surface area (Å²) in [5.41, 5.74) is 1.53. The number of rotatable bonds is 6. The molecule has 14 heavy (non-hydrogen) atoms. The molecular weight excluding hydrogens is 172 g/mol.